The Hall–Kier alpha value is -1.10. The van der Waals surface area contributed by atoms with Crippen LogP contribution in [0.1, 0.15) is 51.4 Å². The first-order valence-electron chi connectivity index (χ1n) is 7.29. The van der Waals surface area contributed by atoms with Gasteiger partial charge in [-0.1, -0.05) is 0 Å². The molecule has 0 saturated carbocycles. The summed E-state index contributed by atoms with van der Waals surface area (Å²) in [6.07, 6.45) is 6.47. The minimum atomic E-state index is -0.821. The van der Waals surface area contributed by atoms with Crippen molar-refractivity contribution in [2.45, 2.75) is 63.5 Å². The van der Waals surface area contributed by atoms with Crippen LogP contribution in [0.2, 0.25) is 0 Å². The Morgan fingerprint density at radius 1 is 1.11 bits per heavy atom. The maximum absolute atomic E-state index is 12.3. The molecular formula is C14H23NO4. The number of piperidine rings is 1. The fraction of sp³-hybridized carbons (Fsp3) is 0.857. The van der Waals surface area contributed by atoms with Crippen LogP contribution >= 0.6 is 0 Å². The average molecular weight is 269 g/mol. The van der Waals surface area contributed by atoms with Gasteiger partial charge in [-0.05, 0) is 38.5 Å². The minimum Gasteiger partial charge on any atom is -0.481 e. The molecule has 19 heavy (non-hydrogen) atoms. The molecule has 2 saturated heterocycles. The lowest BCUT2D eigenvalue weighted by Gasteiger charge is -2.36. The van der Waals surface area contributed by atoms with E-state index in [1.807, 2.05) is 0 Å². The summed E-state index contributed by atoms with van der Waals surface area (Å²) in [6.45, 7) is 1.44. The van der Waals surface area contributed by atoms with Crippen LogP contribution in [0, 0.1) is 0 Å². The predicted octanol–water partition coefficient (Wildman–Crippen LogP) is 1.80. The highest BCUT2D eigenvalue weighted by molar-refractivity contribution is 5.78. The fourth-order valence-electron chi connectivity index (χ4n) is 3.02. The Morgan fingerprint density at radius 2 is 1.89 bits per heavy atom. The quantitative estimate of drug-likeness (QED) is 0.845. The van der Waals surface area contributed by atoms with Gasteiger partial charge in [0, 0.05) is 19.2 Å². The lowest BCUT2D eigenvalue weighted by Crippen LogP contribution is -2.46. The van der Waals surface area contributed by atoms with Gasteiger partial charge in [-0.2, -0.15) is 0 Å². The van der Waals surface area contributed by atoms with Crippen molar-refractivity contribution in [3.05, 3.63) is 0 Å². The van der Waals surface area contributed by atoms with E-state index in [4.69, 9.17) is 9.84 Å². The van der Waals surface area contributed by atoms with Gasteiger partial charge in [0.2, 0.25) is 5.91 Å². The van der Waals surface area contributed by atoms with Crippen LogP contribution < -0.4 is 0 Å². The molecule has 2 unspecified atom stereocenters. The van der Waals surface area contributed by atoms with E-state index in [2.05, 4.69) is 0 Å². The average Bonchev–Trinajstić information content (AvgIpc) is 2.39. The Morgan fingerprint density at radius 3 is 2.58 bits per heavy atom. The first kappa shape index (κ1) is 14.3. The molecule has 5 heteroatoms. The highest BCUT2D eigenvalue weighted by Gasteiger charge is 2.30. The summed E-state index contributed by atoms with van der Waals surface area (Å²) in [7, 11) is 0. The standard InChI is InChI=1S/C14H23NO4/c16-13(10-12-6-2-4-8-19-12)15-7-3-1-5-11(15)9-14(17)18/h11-12H,1-10H2,(H,17,18). The Labute approximate surface area is 113 Å². The Kier molecular flexibility index (Phi) is 5.19. The largest absolute Gasteiger partial charge is 0.481 e. The third kappa shape index (κ3) is 4.20. The summed E-state index contributed by atoms with van der Waals surface area (Å²) < 4.78 is 5.59. The Bertz CT molecular complexity index is 325. The van der Waals surface area contributed by atoms with Crippen LogP contribution in [0.15, 0.2) is 0 Å². The second kappa shape index (κ2) is 6.89. The van der Waals surface area contributed by atoms with Crippen molar-refractivity contribution in [3.63, 3.8) is 0 Å². The molecule has 2 aliphatic rings. The monoisotopic (exact) mass is 269 g/mol. The van der Waals surface area contributed by atoms with E-state index >= 15 is 0 Å². The number of hydrogen-bond donors (Lipinski definition) is 1. The number of carbonyl (C=O) groups excluding carboxylic acids is 1. The number of carboxylic acids is 1. The normalized spacial score (nSPS) is 28.1. The lowest BCUT2D eigenvalue weighted by molar-refractivity contribution is -0.143. The molecule has 0 aromatic heterocycles. The SMILES string of the molecule is O=C(O)CC1CCCCN1C(=O)CC1CCCCO1. The molecule has 1 N–H and O–H groups in total. The number of nitrogens with zero attached hydrogens (tertiary/aromatic N) is 1. The molecule has 0 spiro atoms. The smallest absolute Gasteiger partial charge is 0.305 e. The molecule has 2 heterocycles. The van der Waals surface area contributed by atoms with Crippen molar-refractivity contribution in [2.75, 3.05) is 13.2 Å². The third-order valence-electron chi connectivity index (χ3n) is 4.03. The maximum Gasteiger partial charge on any atom is 0.305 e. The van der Waals surface area contributed by atoms with Gasteiger partial charge in [0.1, 0.15) is 0 Å². The van der Waals surface area contributed by atoms with Gasteiger partial charge >= 0.3 is 5.97 Å². The first-order valence-corrected chi connectivity index (χ1v) is 7.29. The van der Waals surface area contributed by atoms with Crippen LogP contribution in [-0.2, 0) is 14.3 Å². The summed E-state index contributed by atoms with van der Waals surface area (Å²) in [4.78, 5) is 24.9. The summed E-state index contributed by atoms with van der Waals surface area (Å²) in [5.41, 5.74) is 0. The number of likely N-dealkylation sites (tertiary alicyclic amines) is 1. The fourth-order valence-corrected chi connectivity index (χ4v) is 3.02. The molecule has 2 fully saturated rings. The second-order valence-corrected chi connectivity index (χ2v) is 5.53. The minimum absolute atomic E-state index is 0.0358. The van der Waals surface area contributed by atoms with Crippen molar-refractivity contribution in [1.82, 2.24) is 4.90 Å². The van der Waals surface area contributed by atoms with Gasteiger partial charge in [-0.15, -0.1) is 0 Å². The molecule has 2 rings (SSSR count). The van der Waals surface area contributed by atoms with Crippen LogP contribution in [0.25, 0.3) is 0 Å². The van der Waals surface area contributed by atoms with Crippen LogP contribution in [0.5, 0.6) is 0 Å². The molecule has 0 aromatic carbocycles. The second-order valence-electron chi connectivity index (χ2n) is 5.53. The van der Waals surface area contributed by atoms with Crippen molar-refractivity contribution >= 4 is 11.9 Å². The Balaban J connectivity index is 1.88. The predicted molar refractivity (Wildman–Crippen MR) is 69.8 cm³/mol. The number of rotatable bonds is 4. The number of carboxylic acid groups (broad SMARTS) is 1. The molecule has 5 nitrogen and oxygen atoms in total. The molecule has 108 valence electrons. The van der Waals surface area contributed by atoms with E-state index in [9.17, 15) is 9.59 Å². The molecule has 1 amide bonds. The third-order valence-corrected chi connectivity index (χ3v) is 4.03. The number of ether oxygens (including phenoxy) is 1. The highest BCUT2D eigenvalue weighted by Crippen LogP contribution is 2.23. The van der Waals surface area contributed by atoms with Crippen molar-refractivity contribution in [2.24, 2.45) is 0 Å². The van der Waals surface area contributed by atoms with E-state index in [-0.39, 0.29) is 24.5 Å². The zero-order chi connectivity index (χ0) is 13.7. The molecule has 0 radical (unpaired) electrons. The molecule has 0 bridgehead atoms. The molecule has 0 aromatic rings. The molecular weight excluding hydrogens is 246 g/mol. The zero-order valence-electron chi connectivity index (χ0n) is 11.3. The van der Waals surface area contributed by atoms with Crippen molar-refractivity contribution in [1.29, 1.82) is 0 Å². The van der Waals surface area contributed by atoms with E-state index in [0.717, 1.165) is 45.1 Å². The summed E-state index contributed by atoms with van der Waals surface area (Å²) in [6, 6.07) is -0.123. The van der Waals surface area contributed by atoms with Crippen LogP contribution in [0.4, 0.5) is 0 Å². The van der Waals surface area contributed by atoms with Gasteiger partial charge in [0.15, 0.2) is 0 Å². The van der Waals surface area contributed by atoms with E-state index in [0.29, 0.717) is 13.0 Å². The molecule has 2 aliphatic heterocycles. The van der Waals surface area contributed by atoms with Crippen molar-refractivity contribution < 1.29 is 19.4 Å². The van der Waals surface area contributed by atoms with Gasteiger partial charge < -0.3 is 14.7 Å². The van der Waals surface area contributed by atoms with Gasteiger partial charge in [-0.3, -0.25) is 9.59 Å². The van der Waals surface area contributed by atoms with Gasteiger partial charge in [-0.25, -0.2) is 0 Å². The number of amides is 1. The van der Waals surface area contributed by atoms with Crippen molar-refractivity contribution in [3.8, 4) is 0 Å². The summed E-state index contributed by atoms with van der Waals surface area (Å²) in [5, 5.41) is 8.92. The molecule has 2 atom stereocenters. The summed E-state index contributed by atoms with van der Waals surface area (Å²) in [5.74, 6) is -0.753. The number of carbonyl (C=O) groups is 2. The molecule has 0 aliphatic carbocycles. The van der Waals surface area contributed by atoms with Gasteiger partial charge in [0.25, 0.3) is 0 Å². The zero-order valence-corrected chi connectivity index (χ0v) is 11.3. The van der Waals surface area contributed by atoms with Gasteiger partial charge in [0.05, 0.1) is 18.9 Å². The number of hydrogen-bond acceptors (Lipinski definition) is 3. The van der Waals surface area contributed by atoms with Crippen LogP contribution in [-0.4, -0.2) is 47.2 Å². The van der Waals surface area contributed by atoms with E-state index < -0.39 is 5.97 Å². The topological polar surface area (TPSA) is 66.8 Å². The first-order chi connectivity index (χ1) is 9.16. The van der Waals surface area contributed by atoms with E-state index in [1.54, 1.807) is 4.90 Å². The van der Waals surface area contributed by atoms with E-state index in [1.165, 1.54) is 0 Å². The lowest BCUT2D eigenvalue weighted by atomic mass is 9.97. The highest BCUT2D eigenvalue weighted by atomic mass is 16.5. The van der Waals surface area contributed by atoms with Crippen LogP contribution in [0.3, 0.4) is 0 Å². The summed E-state index contributed by atoms with van der Waals surface area (Å²) >= 11 is 0. The number of aliphatic carboxylic acids is 1. The maximum atomic E-state index is 12.3.